The van der Waals surface area contributed by atoms with Gasteiger partial charge < -0.3 is 14.8 Å². The van der Waals surface area contributed by atoms with E-state index in [-0.39, 0.29) is 12.2 Å². The van der Waals surface area contributed by atoms with Crippen LogP contribution in [0, 0.1) is 11.3 Å². The van der Waals surface area contributed by atoms with Crippen LogP contribution in [0.3, 0.4) is 0 Å². The van der Waals surface area contributed by atoms with E-state index in [0.29, 0.717) is 29.2 Å². The van der Waals surface area contributed by atoms with Gasteiger partial charge in [-0.2, -0.15) is 5.26 Å². The third kappa shape index (κ3) is 5.44. The lowest BCUT2D eigenvalue weighted by Gasteiger charge is -2.08. The number of carbonyl (C=O) groups excluding carboxylic acids is 2. The van der Waals surface area contributed by atoms with E-state index in [1.807, 2.05) is 19.1 Å². The highest BCUT2D eigenvalue weighted by molar-refractivity contribution is 6.10. The van der Waals surface area contributed by atoms with Gasteiger partial charge in [0.05, 0.1) is 18.8 Å². The number of hydrogen-bond donors (Lipinski definition) is 1. The minimum atomic E-state index is -0.548. The number of anilines is 1. The molecule has 1 N–H and O–H groups in total. The molecule has 0 spiro atoms. The van der Waals surface area contributed by atoms with Crippen LogP contribution >= 0.6 is 0 Å². The van der Waals surface area contributed by atoms with Crippen LogP contribution in [0.2, 0.25) is 0 Å². The SMILES string of the molecule is CCOC(=O)c1ccc(NC(=O)/C(C#N)=C/c2ccccc2OCC)cc1. The average molecular weight is 364 g/mol. The summed E-state index contributed by atoms with van der Waals surface area (Å²) >= 11 is 0. The van der Waals surface area contributed by atoms with Gasteiger partial charge in [0.25, 0.3) is 5.91 Å². The number of nitrogens with one attached hydrogen (secondary N) is 1. The Hall–Kier alpha value is -3.59. The second-order valence-corrected chi connectivity index (χ2v) is 5.39. The van der Waals surface area contributed by atoms with Crippen molar-refractivity contribution in [2.24, 2.45) is 0 Å². The molecular formula is C21H20N2O4. The molecule has 138 valence electrons. The maximum absolute atomic E-state index is 12.4. The molecule has 0 heterocycles. The van der Waals surface area contributed by atoms with Gasteiger partial charge in [0.2, 0.25) is 0 Å². The van der Waals surface area contributed by atoms with Crippen molar-refractivity contribution in [3.8, 4) is 11.8 Å². The van der Waals surface area contributed by atoms with Crippen molar-refractivity contribution in [3.63, 3.8) is 0 Å². The van der Waals surface area contributed by atoms with E-state index in [4.69, 9.17) is 9.47 Å². The van der Waals surface area contributed by atoms with Gasteiger partial charge in [-0.1, -0.05) is 18.2 Å². The molecule has 0 saturated heterocycles. The Morgan fingerprint density at radius 1 is 1.07 bits per heavy atom. The predicted octanol–water partition coefficient (Wildman–Crippen LogP) is 3.81. The first kappa shape index (κ1) is 19.7. The zero-order chi connectivity index (χ0) is 19.6. The lowest BCUT2D eigenvalue weighted by atomic mass is 10.1. The Kier molecular flexibility index (Phi) is 7.15. The summed E-state index contributed by atoms with van der Waals surface area (Å²) in [5.74, 6) is -0.382. The molecule has 2 aromatic carbocycles. The molecule has 0 radical (unpaired) electrons. The van der Waals surface area contributed by atoms with E-state index < -0.39 is 11.9 Å². The molecule has 0 aliphatic rings. The Balaban J connectivity index is 2.16. The van der Waals surface area contributed by atoms with Crippen LogP contribution in [0.4, 0.5) is 5.69 Å². The second kappa shape index (κ2) is 9.78. The first-order valence-electron chi connectivity index (χ1n) is 8.51. The molecule has 0 bridgehead atoms. The van der Waals surface area contributed by atoms with Crippen LogP contribution in [0.5, 0.6) is 5.75 Å². The van der Waals surface area contributed by atoms with Crippen molar-refractivity contribution in [2.45, 2.75) is 13.8 Å². The summed E-state index contributed by atoms with van der Waals surface area (Å²) in [4.78, 5) is 24.1. The predicted molar refractivity (Wildman–Crippen MR) is 102 cm³/mol. The van der Waals surface area contributed by atoms with Crippen molar-refractivity contribution in [3.05, 3.63) is 65.2 Å². The van der Waals surface area contributed by atoms with Gasteiger partial charge in [-0.3, -0.25) is 4.79 Å². The number of para-hydroxylation sites is 1. The van der Waals surface area contributed by atoms with E-state index in [9.17, 15) is 14.9 Å². The summed E-state index contributed by atoms with van der Waals surface area (Å²) in [5.41, 5.74) is 1.43. The Labute approximate surface area is 158 Å². The van der Waals surface area contributed by atoms with Crippen LogP contribution in [-0.4, -0.2) is 25.1 Å². The maximum atomic E-state index is 12.4. The average Bonchev–Trinajstić information content (AvgIpc) is 2.68. The number of rotatable bonds is 7. The van der Waals surface area contributed by atoms with Gasteiger partial charge >= 0.3 is 5.97 Å². The van der Waals surface area contributed by atoms with Gasteiger partial charge in [-0.05, 0) is 50.3 Å². The van der Waals surface area contributed by atoms with Crippen LogP contribution in [0.1, 0.15) is 29.8 Å². The third-order valence-electron chi connectivity index (χ3n) is 3.54. The number of hydrogen-bond acceptors (Lipinski definition) is 5. The van der Waals surface area contributed by atoms with E-state index in [2.05, 4.69) is 5.32 Å². The van der Waals surface area contributed by atoms with Crippen LogP contribution in [-0.2, 0) is 9.53 Å². The highest BCUT2D eigenvalue weighted by Gasteiger charge is 2.12. The molecule has 6 heteroatoms. The zero-order valence-electron chi connectivity index (χ0n) is 15.2. The number of nitriles is 1. The van der Waals surface area contributed by atoms with Crippen LogP contribution in [0.15, 0.2) is 54.1 Å². The van der Waals surface area contributed by atoms with Crippen molar-refractivity contribution >= 4 is 23.6 Å². The zero-order valence-corrected chi connectivity index (χ0v) is 15.2. The topological polar surface area (TPSA) is 88.4 Å². The lowest BCUT2D eigenvalue weighted by Crippen LogP contribution is -2.13. The Morgan fingerprint density at radius 2 is 1.78 bits per heavy atom. The quantitative estimate of drug-likeness (QED) is 0.458. The number of ether oxygens (including phenoxy) is 2. The molecular weight excluding hydrogens is 344 g/mol. The van der Waals surface area contributed by atoms with E-state index in [1.165, 1.54) is 6.08 Å². The molecule has 0 atom stereocenters. The molecule has 0 unspecified atom stereocenters. The van der Waals surface area contributed by atoms with E-state index in [1.54, 1.807) is 49.4 Å². The fraction of sp³-hybridized carbons (Fsp3) is 0.190. The Morgan fingerprint density at radius 3 is 2.41 bits per heavy atom. The number of carbonyl (C=O) groups is 2. The first-order chi connectivity index (χ1) is 13.1. The molecule has 0 aromatic heterocycles. The van der Waals surface area contributed by atoms with Crippen molar-refractivity contribution in [2.75, 3.05) is 18.5 Å². The van der Waals surface area contributed by atoms with Crippen molar-refractivity contribution in [1.29, 1.82) is 5.26 Å². The largest absolute Gasteiger partial charge is 0.493 e. The molecule has 1 amide bonds. The van der Waals surface area contributed by atoms with Gasteiger partial charge in [0.1, 0.15) is 17.4 Å². The minimum Gasteiger partial charge on any atom is -0.493 e. The summed E-state index contributed by atoms with van der Waals surface area (Å²) in [5, 5.41) is 12.0. The van der Waals surface area contributed by atoms with Crippen LogP contribution in [0.25, 0.3) is 6.08 Å². The highest BCUT2D eigenvalue weighted by Crippen LogP contribution is 2.21. The number of benzene rings is 2. The fourth-order valence-corrected chi connectivity index (χ4v) is 2.29. The molecule has 2 rings (SSSR count). The lowest BCUT2D eigenvalue weighted by molar-refractivity contribution is -0.112. The first-order valence-corrected chi connectivity index (χ1v) is 8.51. The molecule has 27 heavy (non-hydrogen) atoms. The van der Waals surface area contributed by atoms with Crippen LogP contribution < -0.4 is 10.1 Å². The molecule has 6 nitrogen and oxygen atoms in total. The molecule has 0 fully saturated rings. The van der Waals surface area contributed by atoms with E-state index in [0.717, 1.165) is 0 Å². The van der Waals surface area contributed by atoms with E-state index >= 15 is 0 Å². The number of amides is 1. The Bertz CT molecular complexity index is 880. The smallest absolute Gasteiger partial charge is 0.338 e. The third-order valence-corrected chi connectivity index (χ3v) is 3.54. The maximum Gasteiger partial charge on any atom is 0.338 e. The number of nitrogens with zero attached hydrogens (tertiary/aromatic N) is 1. The normalized spacial score (nSPS) is 10.6. The molecule has 2 aromatic rings. The van der Waals surface area contributed by atoms with Crippen molar-refractivity contribution < 1.29 is 19.1 Å². The van der Waals surface area contributed by atoms with Crippen molar-refractivity contribution in [1.82, 2.24) is 0 Å². The van der Waals surface area contributed by atoms with Gasteiger partial charge in [0, 0.05) is 11.3 Å². The second-order valence-electron chi connectivity index (χ2n) is 5.39. The monoisotopic (exact) mass is 364 g/mol. The summed E-state index contributed by atoms with van der Waals surface area (Å²) in [6, 6.07) is 15.3. The van der Waals surface area contributed by atoms with Gasteiger partial charge in [-0.15, -0.1) is 0 Å². The molecule has 0 aliphatic carbocycles. The minimum absolute atomic E-state index is 0.0587. The molecule has 0 aliphatic heterocycles. The fourth-order valence-electron chi connectivity index (χ4n) is 2.29. The summed E-state index contributed by atoms with van der Waals surface area (Å²) < 4.78 is 10.4. The summed E-state index contributed by atoms with van der Waals surface area (Å²) in [7, 11) is 0. The van der Waals surface area contributed by atoms with Gasteiger partial charge in [0.15, 0.2) is 0 Å². The summed E-state index contributed by atoms with van der Waals surface area (Å²) in [6.45, 7) is 4.35. The number of esters is 1. The standard InChI is InChI=1S/C21H20N2O4/c1-3-26-19-8-6-5-7-16(19)13-17(14-22)20(24)23-18-11-9-15(10-12-18)21(25)27-4-2/h5-13H,3-4H2,1-2H3,(H,23,24)/b17-13+. The summed E-state index contributed by atoms with van der Waals surface area (Å²) in [6.07, 6.45) is 1.48. The molecule has 0 saturated carbocycles. The highest BCUT2D eigenvalue weighted by atomic mass is 16.5. The van der Waals surface area contributed by atoms with Gasteiger partial charge in [-0.25, -0.2) is 4.79 Å².